The highest BCUT2D eigenvalue weighted by Gasteiger charge is 2.41. The molecule has 3 atom stereocenters. The minimum absolute atomic E-state index is 0.102. The Labute approximate surface area is 141 Å². The van der Waals surface area contributed by atoms with Crippen LogP contribution in [0, 0.1) is 11.8 Å². The van der Waals surface area contributed by atoms with E-state index < -0.39 is 0 Å². The first-order chi connectivity index (χ1) is 11.6. The number of benzene rings is 2. The standard InChI is InChI=1S/C20H22O4/c1-12-10-16-14-7-5-4-6-13(14)8-9-15(16)17(11-18(21)23-2)19(12)20(22)24-3/h4-9,12,17,19H,10-11H2,1-3H3/t12-,17-,19-/m0/s1. The Balaban J connectivity index is 2.15. The molecule has 2 aromatic carbocycles. The SMILES string of the molecule is COC(=O)C[C@H]1c2ccc3ccccc3c2C[C@H](C)[C@@H]1C(=O)OC. The molecule has 0 amide bonds. The number of hydrogen-bond donors (Lipinski definition) is 0. The summed E-state index contributed by atoms with van der Waals surface area (Å²) in [6, 6.07) is 12.3. The summed E-state index contributed by atoms with van der Waals surface area (Å²) in [4.78, 5) is 24.3. The molecule has 24 heavy (non-hydrogen) atoms. The summed E-state index contributed by atoms with van der Waals surface area (Å²) in [6.45, 7) is 2.05. The van der Waals surface area contributed by atoms with Gasteiger partial charge in [0.15, 0.2) is 0 Å². The van der Waals surface area contributed by atoms with Gasteiger partial charge in [-0.25, -0.2) is 0 Å². The Hall–Kier alpha value is -2.36. The molecule has 2 aromatic rings. The van der Waals surface area contributed by atoms with E-state index in [1.54, 1.807) is 0 Å². The average molecular weight is 326 g/mol. The van der Waals surface area contributed by atoms with Crippen LogP contribution in [0.3, 0.4) is 0 Å². The lowest BCUT2D eigenvalue weighted by molar-refractivity contribution is -0.150. The molecule has 0 bridgehead atoms. The number of hydrogen-bond acceptors (Lipinski definition) is 4. The Bertz CT molecular complexity index is 780. The van der Waals surface area contributed by atoms with Crippen molar-refractivity contribution < 1.29 is 19.1 Å². The number of fused-ring (bicyclic) bond motifs is 3. The van der Waals surface area contributed by atoms with Crippen LogP contribution < -0.4 is 0 Å². The minimum Gasteiger partial charge on any atom is -0.469 e. The molecule has 0 aromatic heterocycles. The monoisotopic (exact) mass is 326 g/mol. The highest BCUT2D eigenvalue weighted by atomic mass is 16.5. The highest BCUT2D eigenvalue weighted by molar-refractivity contribution is 5.88. The number of carbonyl (C=O) groups excluding carboxylic acids is 2. The van der Waals surface area contributed by atoms with Gasteiger partial charge in [0.05, 0.1) is 26.6 Å². The van der Waals surface area contributed by atoms with Crippen molar-refractivity contribution in [1.29, 1.82) is 0 Å². The molecule has 0 fully saturated rings. The first-order valence-electron chi connectivity index (χ1n) is 8.22. The van der Waals surface area contributed by atoms with Crippen LogP contribution in [0.15, 0.2) is 36.4 Å². The maximum Gasteiger partial charge on any atom is 0.309 e. The van der Waals surface area contributed by atoms with Crippen molar-refractivity contribution in [3.63, 3.8) is 0 Å². The number of rotatable bonds is 3. The van der Waals surface area contributed by atoms with Crippen molar-refractivity contribution in [3.05, 3.63) is 47.5 Å². The van der Waals surface area contributed by atoms with Gasteiger partial charge in [-0.05, 0) is 34.2 Å². The van der Waals surface area contributed by atoms with Crippen LogP contribution in [0.1, 0.15) is 30.4 Å². The largest absolute Gasteiger partial charge is 0.469 e. The van der Waals surface area contributed by atoms with Gasteiger partial charge in [-0.3, -0.25) is 9.59 Å². The molecule has 0 saturated heterocycles. The molecule has 0 radical (unpaired) electrons. The quantitative estimate of drug-likeness (QED) is 0.811. The maximum absolute atomic E-state index is 12.4. The van der Waals surface area contributed by atoms with E-state index in [1.807, 2.05) is 18.2 Å². The van der Waals surface area contributed by atoms with Crippen LogP contribution in [0.25, 0.3) is 10.8 Å². The Kier molecular flexibility index (Phi) is 4.56. The summed E-state index contributed by atoms with van der Waals surface area (Å²) >= 11 is 0. The summed E-state index contributed by atoms with van der Waals surface area (Å²) in [6.07, 6.45) is 0.986. The first kappa shape index (κ1) is 16.5. The third kappa shape index (κ3) is 2.77. The Morgan fingerprint density at radius 1 is 1.08 bits per heavy atom. The zero-order valence-corrected chi connectivity index (χ0v) is 14.2. The molecule has 1 aliphatic carbocycles. The summed E-state index contributed by atoms with van der Waals surface area (Å²) in [7, 11) is 2.78. The fourth-order valence-corrected chi connectivity index (χ4v) is 4.00. The number of methoxy groups -OCH3 is 2. The third-order valence-electron chi connectivity index (χ3n) is 5.14. The second-order valence-electron chi connectivity index (χ2n) is 6.47. The highest BCUT2D eigenvalue weighted by Crippen LogP contribution is 2.44. The number of ether oxygens (including phenoxy) is 2. The number of esters is 2. The van der Waals surface area contributed by atoms with Crippen molar-refractivity contribution >= 4 is 22.7 Å². The molecule has 0 spiro atoms. The van der Waals surface area contributed by atoms with E-state index in [0.717, 1.165) is 12.0 Å². The lowest BCUT2D eigenvalue weighted by Crippen LogP contribution is -2.36. The van der Waals surface area contributed by atoms with E-state index in [2.05, 4.69) is 25.1 Å². The summed E-state index contributed by atoms with van der Waals surface area (Å²) in [5.74, 6) is -1.00. The van der Waals surface area contributed by atoms with Crippen molar-refractivity contribution in [2.24, 2.45) is 11.8 Å². The average Bonchev–Trinajstić information content (AvgIpc) is 2.60. The van der Waals surface area contributed by atoms with E-state index >= 15 is 0 Å². The third-order valence-corrected chi connectivity index (χ3v) is 5.14. The van der Waals surface area contributed by atoms with E-state index in [1.165, 1.54) is 30.6 Å². The van der Waals surface area contributed by atoms with Crippen LogP contribution in [0.4, 0.5) is 0 Å². The molecule has 0 unspecified atom stereocenters. The zero-order valence-electron chi connectivity index (χ0n) is 14.2. The molecular formula is C20H22O4. The maximum atomic E-state index is 12.4. The fraction of sp³-hybridized carbons (Fsp3) is 0.400. The molecular weight excluding hydrogens is 304 g/mol. The van der Waals surface area contributed by atoms with Crippen LogP contribution >= 0.6 is 0 Å². The van der Waals surface area contributed by atoms with Crippen LogP contribution in [0.2, 0.25) is 0 Å². The normalized spacial score (nSPS) is 22.7. The molecule has 4 heteroatoms. The van der Waals surface area contributed by atoms with Crippen LogP contribution in [0.5, 0.6) is 0 Å². The van der Waals surface area contributed by atoms with Gasteiger partial charge in [0.2, 0.25) is 0 Å². The Morgan fingerprint density at radius 3 is 2.54 bits per heavy atom. The van der Waals surface area contributed by atoms with Gasteiger partial charge in [-0.15, -0.1) is 0 Å². The predicted octanol–water partition coefficient (Wildman–Crippen LogP) is 3.47. The number of carbonyl (C=O) groups is 2. The molecule has 0 saturated carbocycles. The van der Waals surface area contributed by atoms with Gasteiger partial charge in [0.1, 0.15) is 0 Å². The van der Waals surface area contributed by atoms with Gasteiger partial charge < -0.3 is 9.47 Å². The van der Waals surface area contributed by atoms with Crippen molar-refractivity contribution in [2.45, 2.75) is 25.7 Å². The van der Waals surface area contributed by atoms with E-state index in [-0.39, 0.29) is 36.1 Å². The van der Waals surface area contributed by atoms with Gasteiger partial charge in [-0.2, -0.15) is 0 Å². The van der Waals surface area contributed by atoms with Crippen molar-refractivity contribution in [2.75, 3.05) is 14.2 Å². The predicted molar refractivity (Wildman–Crippen MR) is 91.7 cm³/mol. The molecule has 1 aliphatic rings. The van der Waals surface area contributed by atoms with Gasteiger partial charge >= 0.3 is 11.9 Å². The van der Waals surface area contributed by atoms with Crippen molar-refractivity contribution in [3.8, 4) is 0 Å². The van der Waals surface area contributed by atoms with Crippen LogP contribution in [-0.4, -0.2) is 26.2 Å². The lowest BCUT2D eigenvalue weighted by Gasteiger charge is -2.36. The van der Waals surface area contributed by atoms with Crippen LogP contribution in [-0.2, 0) is 25.5 Å². The van der Waals surface area contributed by atoms with E-state index in [0.29, 0.717) is 0 Å². The molecule has 4 nitrogen and oxygen atoms in total. The first-order valence-corrected chi connectivity index (χ1v) is 8.22. The van der Waals surface area contributed by atoms with Crippen molar-refractivity contribution in [1.82, 2.24) is 0 Å². The smallest absolute Gasteiger partial charge is 0.309 e. The molecule has 126 valence electrons. The van der Waals surface area contributed by atoms with Gasteiger partial charge in [-0.1, -0.05) is 43.3 Å². The Morgan fingerprint density at radius 2 is 1.83 bits per heavy atom. The van der Waals surface area contributed by atoms with Gasteiger partial charge in [0, 0.05) is 5.92 Å². The second kappa shape index (κ2) is 6.63. The zero-order chi connectivity index (χ0) is 17.3. The van der Waals surface area contributed by atoms with Gasteiger partial charge in [0.25, 0.3) is 0 Å². The molecule has 0 N–H and O–H groups in total. The summed E-state index contributed by atoms with van der Waals surface area (Å²) in [5, 5.41) is 2.37. The van der Waals surface area contributed by atoms with E-state index in [4.69, 9.17) is 9.47 Å². The lowest BCUT2D eigenvalue weighted by atomic mass is 9.67. The summed E-state index contributed by atoms with van der Waals surface area (Å²) in [5.41, 5.74) is 2.29. The topological polar surface area (TPSA) is 52.6 Å². The molecule has 0 heterocycles. The minimum atomic E-state index is -0.331. The second-order valence-corrected chi connectivity index (χ2v) is 6.47. The fourth-order valence-electron chi connectivity index (χ4n) is 4.00. The molecule has 0 aliphatic heterocycles. The van der Waals surface area contributed by atoms with E-state index in [9.17, 15) is 9.59 Å². The molecule has 3 rings (SSSR count). The summed E-state index contributed by atoms with van der Waals surface area (Å²) < 4.78 is 9.88.